The Morgan fingerprint density at radius 2 is 1.84 bits per heavy atom. The van der Waals surface area contributed by atoms with Crippen molar-refractivity contribution in [2.24, 2.45) is 5.92 Å². The largest absolute Gasteiger partial charge is 0.306 e. The van der Waals surface area contributed by atoms with Gasteiger partial charge in [-0.3, -0.25) is 0 Å². The summed E-state index contributed by atoms with van der Waals surface area (Å²) in [4.78, 5) is 2.38. The molecule has 0 aromatic heterocycles. The first kappa shape index (κ1) is 15.0. The highest BCUT2D eigenvalue weighted by Gasteiger charge is 2.48. The summed E-state index contributed by atoms with van der Waals surface area (Å²) in [6, 6.07) is 11.7. The fraction of sp³-hybridized carbons (Fsp3) is 0.588. The Labute approximate surface area is 119 Å². The van der Waals surface area contributed by atoms with E-state index in [1.165, 1.54) is 24.6 Å². The molecule has 1 aliphatic carbocycles. The van der Waals surface area contributed by atoms with Crippen LogP contribution < -0.4 is 5.30 Å². The smallest absolute Gasteiger partial charge is 0.0980 e. The highest BCUT2D eigenvalue weighted by atomic mass is 31.2. The highest BCUT2D eigenvalue weighted by Crippen LogP contribution is 2.63. The lowest BCUT2D eigenvalue weighted by atomic mass is 9.98. The lowest BCUT2D eigenvalue weighted by Crippen LogP contribution is -2.38. The molecule has 2 heteroatoms. The molecule has 0 aliphatic heterocycles. The Hall–Kier alpha value is -0.390. The van der Waals surface area contributed by atoms with Gasteiger partial charge in [-0.25, -0.2) is 0 Å². The van der Waals surface area contributed by atoms with Gasteiger partial charge in [0.2, 0.25) is 0 Å². The second-order valence-electron chi connectivity index (χ2n) is 6.47. The maximum atomic E-state index is 4.71. The number of rotatable bonds is 4. The van der Waals surface area contributed by atoms with Gasteiger partial charge < -0.3 is 4.90 Å². The molecule has 0 amide bonds. The van der Waals surface area contributed by atoms with E-state index in [2.05, 4.69) is 62.9 Å². The quantitative estimate of drug-likeness (QED) is 0.755. The Kier molecular flexibility index (Phi) is 4.69. The Balaban J connectivity index is 2.24. The van der Waals surface area contributed by atoms with Crippen molar-refractivity contribution in [3.05, 3.63) is 37.0 Å². The number of benzene rings is 1. The van der Waals surface area contributed by atoms with Gasteiger partial charge in [0.05, 0.1) is 31.6 Å². The summed E-state index contributed by atoms with van der Waals surface area (Å²) < 4.78 is 0. The Bertz CT molecular complexity index is 399. The molecular weight excluding hydrogens is 249 g/mol. The van der Waals surface area contributed by atoms with E-state index in [-0.39, 0.29) is 0 Å². The van der Waals surface area contributed by atoms with E-state index in [0.717, 1.165) is 11.6 Å². The molecule has 0 bridgehead atoms. The minimum Gasteiger partial charge on any atom is -0.306 e. The average molecular weight is 277 g/mol. The Morgan fingerprint density at radius 1 is 1.21 bits per heavy atom. The lowest BCUT2D eigenvalue weighted by molar-refractivity contribution is 0.232. The van der Waals surface area contributed by atoms with Gasteiger partial charge >= 0.3 is 0 Å². The van der Waals surface area contributed by atoms with E-state index in [0.29, 0.717) is 6.04 Å². The van der Waals surface area contributed by atoms with Gasteiger partial charge in [0.25, 0.3) is 0 Å². The van der Waals surface area contributed by atoms with Gasteiger partial charge in [0, 0.05) is 12.0 Å². The molecule has 1 aliphatic rings. The third kappa shape index (κ3) is 3.03. The van der Waals surface area contributed by atoms with Crippen LogP contribution >= 0.6 is 7.26 Å². The molecular formula is C17H28NP+. The molecule has 0 N–H and O–H groups in total. The van der Waals surface area contributed by atoms with Crippen molar-refractivity contribution in [2.45, 2.75) is 37.9 Å². The molecule has 1 aromatic carbocycles. The summed E-state index contributed by atoms with van der Waals surface area (Å²) in [5.74, 6) is 0.811. The second kappa shape index (κ2) is 5.94. The van der Waals surface area contributed by atoms with E-state index < -0.39 is 7.26 Å². The van der Waals surface area contributed by atoms with Crippen LogP contribution in [0.5, 0.6) is 0 Å². The molecule has 1 fully saturated rings. The van der Waals surface area contributed by atoms with Crippen molar-refractivity contribution in [3.8, 4) is 0 Å². The number of nitrogens with zero attached hydrogens (tertiary/aromatic N) is 1. The molecule has 0 saturated heterocycles. The van der Waals surface area contributed by atoms with Crippen LogP contribution in [-0.4, -0.2) is 37.4 Å². The standard InChI is InChI=1S/C17H28NP/c1-14(18(2)3)16-12-9-13-17(16)19(4,5)15-10-7-6-8-11-15/h6-8,10-11,14,16-17H,4,9,12-13H2,1-3,5H3/q+1/t14-,16?,17?,19?/m1/s1. The third-order valence-corrected chi connectivity index (χ3v) is 8.63. The summed E-state index contributed by atoms with van der Waals surface area (Å²) in [7, 11) is 3.15. The Morgan fingerprint density at radius 3 is 2.42 bits per heavy atom. The average Bonchev–Trinajstić information content (AvgIpc) is 2.88. The maximum Gasteiger partial charge on any atom is 0.0980 e. The molecule has 1 saturated carbocycles. The SMILES string of the molecule is [CH2][P+](C)(c1ccccc1)C1CCCC1[C@@H](C)N(C)C. The summed E-state index contributed by atoms with van der Waals surface area (Å²) in [5.41, 5.74) is 0.798. The second-order valence-corrected chi connectivity index (χ2v) is 10.2. The summed E-state index contributed by atoms with van der Waals surface area (Å²) >= 11 is 0. The van der Waals surface area contributed by atoms with E-state index in [4.69, 9.17) is 6.66 Å². The van der Waals surface area contributed by atoms with Gasteiger partial charge in [-0.05, 0) is 52.4 Å². The van der Waals surface area contributed by atoms with Crippen LogP contribution in [0.15, 0.2) is 30.3 Å². The molecule has 1 radical (unpaired) electrons. The first-order valence-corrected chi connectivity index (χ1v) is 9.86. The highest BCUT2D eigenvalue weighted by molar-refractivity contribution is 7.84. The number of hydrogen-bond donors (Lipinski definition) is 0. The fourth-order valence-electron chi connectivity index (χ4n) is 3.58. The minimum atomic E-state index is -1.27. The molecule has 0 spiro atoms. The summed E-state index contributed by atoms with van der Waals surface area (Å²) in [6.07, 6.45) is 4.12. The molecule has 3 unspecified atom stereocenters. The first-order valence-electron chi connectivity index (χ1n) is 7.37. The van der Waals surface area contributed by atoms with Gasteiger partial charge in [0.1, 0.15) is 0 Å². The van der Waals surface area contributed by atoms with E-state index in [1.807, 2.05) is 0 Å². The van der Waals surface area contributed by atoms with E-state index in [1.54, 1.807) is 0 Å². The van der Waals surface area contributed by atoms with Crippen molar-refractivity contribution >= 4 is 12.6 Å². The fourth-order valence-corrected chi connectivity index (χ4v) is 6.81. The predicted octanol–water partition coefficient (Wildman–Crippen LogP) is 3.87. The first-order chi connectivity index (χ1) is 8.94. The van der Waals surface area contributed by atoms with Crippen LogP contribution in [0.4, 0.5) is 0 Å². The molecule has 1 aromatic rings. The lowest BCUT2D eigenvalue weighted by Gasteiger charge is -2.35. The van der Waals surface area contributed by atoms with Crippen molar-refractivity contribution in [2.75, 3.05) is 20.8 Å². The summed E-state index contributed by atoms with van der Waals surface area (Å²) in [6.45, 7) is 9.53. The van der Waals surface area contributed by atoms with Gasteiger partial charge in [-0.2, -0.15) is 0 Å². The molecule has 1 nitrogen and oxygen atoms in total. The normalized spacial score (nSPS) is 25.8. The number of hydrogen-bond acceptors (Lipinski definition) is 1. The summed E-state index contributed by atoms with van der Waals surface area (Å²) in [5, 5.41) is 1.50. The zero-order valence-corrected chi connectivity index (χ0v) is 13.7. The van der Waals surface area contributed by atoms with Crippen molar-refractivity contribution in [1.29, 1.82) is 0 Å². The van der Waals surface area contributed by atoms with Gasteiger partial charge in [0.15, 0.2) is 0 Å². The molecule has 2 rings (SSSR count). The van der Waals surface area contributed by atoms with Crippen LogP contribution in [0.1, 0.15) is 26.2 Å². The molecule has 105 valence electrons. The third-order valence-electron chi connectivity index (χ3n) is 5.04. The van der Waals surface area contributed by atoms with Crippen molar-refractivity contribution in [1.82, 2.24) is 4.90 Å². The van der Waals surface area contributed by atoms with Gasteiger partial charge in [-0.15, -0.1) is 0 Å². The molecule has 19 heavy (non-hydrogen) atoms. The van der Waals surface area contributed by atoms with Crippen LogP contribution in [0.2, 0.25) is 0 Å². The monoisotopic (exact) mass is 277 g/mol. The van der Waals surface area contributed by atoms with Crippen LogP contribution in [0.25, 0.3) is 0 Å². The van der Waals surface area contributed by atoms with Crippen molar-refractivity contribution < 1.29 is 0 Å². The van der Waals surface area contributed by atoms with E-state index in [9.17, 15) is 0 Å². The van der Waals surface area contributed by atoms with Crippen LogP contribution in [0.3, 0.4) is 0 Å². The minimum absolute atomic E-state index is 0.664. The topological polar surface area (TPSA) is 3.24 Å². The molecule has 0 heterocycles. The van der Waals surface area contributed by atoms with Crippen molar-refractivity contribution in [3.63, 3.8) is 0 Å². The van der Waals surface area contributed by atoms with Crippen LogP contribution in [0, 0.1) is 12.6 Å². The zero-order valence-electron chi connectivity index (χ0n) is 12.8. The predicted molar refractivity (Wildman–Crippen MR) is 88.6 cm³/mol. The zero-order chi connectivity index (χ0) is 14.0. The van der Waals surface area contributed by atoms with E-state index >= 15 is 0 Å². The molecule has 4 atom stereocenters. The van der Waals surface area contributed by atoms with Gasteiger partial charge in [-0.1, -0.05) is 18.2 Å². The maximum absolute atomic E-state index is 4.71. The van der Waals surface area contributed by atoms with Crippen LogP contribution in [-0.2, 0) is 0 Å².